The fourth-order valence-corrected chi connectivity index (χ4v) is 4.32. The van der Waals surface area contributed by atoms with Crippen LogP contribution < -0.4 is 4.74 Å². The van der Waals surface area contributed by atoms with E-state index in [9.17, 15) is 4.79 Å². The number of thiazole rings is 1. The Labute approximate surface area is 181 Å². The number of benzene rings is 1. The van der Waals surface area contributed by atoms with Gasteiger partial charge in [-0.2, -0.15) is 0 Å². The van der Waals surface area contributed by atoms with E-state index >= 15 is 0 Å². The lowest BCUT2D eigenvalue weighted by molar-refractivity contribution is 0.0625. The van der Waals surface area contributed by atoms with Crippen molar-refractivity contribution in [3.05, 3.63) is 69.1 Å². The van der Waals surface area contributed by atoms with Gasteiger partial charge in [0.25, 0.3) is 5.91 Å². The van der Waals surface area contributed by atoms with E-state index in [0.29, 0.717) is 17.9 Å². The maximum Gasteiger partial charge on any atom is 0.257 e. The summed E-state index contributed by atoms with van der Waals surface area (Å²) >= 11 is 1.63. The van der Waals surface area contributed by atoms with Gasteiger partial charge in [-0.3, -0.25) is 9.69 Å². The number of hydrogen-bond acceptors (Lipinski definition) is 6. The molecule has 30 heavy (non-hydrogen) atoms. The number of aromatic nitrogens is 1. The standard InChI is InChI=1S/C23H27N3O3S/c1-16-4-6-20(7-5-16)28-14-22-24-19(15-30-22)13-25-8-10-26(11-9-25)23(27)21-12-17(2)29-18(21)3/h4-7,12,15H,8-11,13-14H2,1-3H3. The fourth-order valence-electron chi connectivity index (χ4n) is 3.62. The predicted molar refractivity (Wildman–Crippen MR) is 117 cm³/mol. The zero-order valence-corrected chi connectivity index (χ0v) is 18.5. The van der Waals surface area contributed by atoms with E-state index in [4.69, 9.17) is 14.1 Å². The Morgan fingerprint density at radius 1 is 1.13 bits per heavy atom. The number of ether oxygens (including phenoxy) is 1. The van der Waals surface area contributed by atoms with E-state index in [1.54, 1.807) is 11.3 Å². The van der Waals surface area contributed by atoms with Crippen LogP contribution in [0.1, 0.15) is 38.1 Å². The number of carbonyl (C=O) groups excluding carboxylic acids is 1. The molecule has 3 aromatic rings. The summed E-state index contributed by atoms with van der Waals surface area (Å²) in [6.45, 7) is 10.2. The summed E-state index contributed by atoms with van der Waals surface area (Å²) < 4.78 is 11.3. The molecule has 0 aliphatic carbocycles. The average molecular weight is 426 g/mol. The molecule has 6 nitrogen and oxygen atoms in total. The summed E-state index contributed by atoms with van der Waals surface area (Å²) in [5.74, 6) is 2.40. The first kappa shape index (κ1) is 20.6. The van der Waals surface area contributed by atoms with Crippen molar-refractivity contribution < 1.29 is 13.9 Å². The second-order valence-electron chi connectivity index (χ2n) is 7.73. The van der Waals surface area contributed by atoms with Gasteiger partial charge in [0.05, 0.1) is 11.3 Å². The van der Waals surface area contributed by atoms with Crippen molar-refractivity contribution in [1.82, 2.24) is 14.8 Å². The van der Waals surface area contributed by atoms with Gasteiger partial charge in [0.2, 0.25) is 0 Å². The molecule has 1 aromatic carbocycles. The molecule has 1 aliphatic rings. The van der Waals surface area contributed by atoms with Crippen molar-refractivity contribution in [2.24, 2.45) is 0 Å². The van der Waals surface area contributed by atoms with E-state index in [2.05, 4.69) is 17.2 Å². The molecule has 1 aliphatic heterocycles. The normalized spacial score (nSPS) is 14.8. The van der Waals surface area contributed by atoms with Gasteiger partial charge < -0.3 is 14.1 Å². The largest absolute Gasteiger partial charge is 0.486 e. The van der Waals surface area contributed by atoms with Crippen LogP contribution in [0.4, 0.5) is 0 Å². The van der Waals surface area contributed by atoms with Crippen LogP contribution in [0.3, 0.4) is 0 Å². The third kappa shape index (κ3) is 4.91. The van der Waals surface area contributed by atoms with Crippen LogP contribution in [-0.4, -0.2) is 46.9 Å². The van der Waals surface area contributed by atoms with Gasteiger partial charge >= 0.3 is 0 Å². The number of aryl methyl sites for hydroxylation is 3. The Morgan fingerprint density at radius 2 is 1.87 bits per heavy atom. The van der Waals surface area contributed by atoms with Gasteiger partial charge in [0.1, 0.15) is 28.9 Å². The Bertz CT molecular complexity index is 1000. The Kier molecular flexibility index (Phi) is 6.20. The van der Waals surface area contributed by atoms with Crippen molar-refractivity contribution in [3.63, 3.8) is 0 Å². The van der Waals surface area contributed by atoms with Crippen LogP contribution in [0.15, 0.2) is 40.1 Å². The average Bonchev–Trinajstić information content (AvgIpc) is 3.33. The smallest absolute Gasteiger partial charge is 0.257 e. The maximum atomic E-state index is 12.7. The summed E-state index contributed by atoms with van der Waals surface area (Å²) in [6.07, 6.45) is 0. The van der Waals surface area contributed by atoms with Gasteiger partial charge in [-0.25, -0.2) is 4.98 Å². The molecular formula is C23H27N3O3S. The summed E-state index contributed by atoms with van der Waals surface area (Å²) in [5.41, 5.74) is 2.96. The molecule has 0 unspecified atom stereocenters. The van der Waals surface area contributed by atoms with Crippen LogP contribution >= 0.6 is 11.3 Å². The first-order valence-corrected chi connectivity index (χ1v) is 11.1. The second-order valence-corrected chi connectivity index (χ2v) is 8.67. The van der Waals surface area contributed by atoms with E-state index in [1.807, 2.05) is 49.1 Å². The highest BCUT2D eigenvalue weighted by atomic mass is 32.1. The van der Waals surface area contributed by atoms with Crippen LogP contribution in [0.5, 0.6) is 5.75 Å². The summed E-state index contributed by atoms with van der Waals surface area (Å²) in [5, 5.41) is 3.08. The molecule has 7 heteroatoms. The molecule has 0 spiro atoms. The number of hydrogen-bond donors (Lipinski definition) is 0. The molecule has 0 saturated carbocycles. The minimum Gasteiger partial charge on any atom is -0.486 e. The Morgan fingerprint density at radius 3 is 2.53 bits per heavy atom. The second kappa shape index (κ2) is 9.02. The van der Waals surface area contributed by atoms with Crippen molar-refractivity contribution >= 4 is 17.2 Å². The number of nitrogens with zero attached hydrogens (tertiary/aromatic N) is 3. The number of rotatable bonds is 6. The Hall–Kier alpha value is -2.64. The lowest BCUT2D eigenvalue weighted by Crippen LogP contribution is -2.48. The third-order valence-electron chi connectivity index (χ3n) is 5.30. The van der Waals surface area contributed by atoms with E-state index in [1.165, 1.54) is 5.56 Å². The molecule has 1 amide bonds. The topological polar surface area (TPSA) is 58.8 Å². The quantitative estimate of drug-likeness (QED) is 0.592. The van der Waals surface area contributed by atoms with Crippen LogP contribution in [-0.2, 0) is 13.2 Å². The van der Waals surface area contributed by atoms with Gasteiger partial charge in [0.15, 0.2) is 0 Å². The highest BCUT2D eigenvalue weighted by molar-refractivity contribution is 7.09. The van der Waals surface area contributed by atoms with Crippen molar-refractivity contribution in [2.45, 2.75) is 33.9 Å². The predicted octanol–water partition coefficient (Wildman–Crippen LogP) is 4.20. The zero-order valence-electron chi connectivity index (χ0n) is 17.7. The minimum absolute atomic E-state index is 0.0631. The van der Waals surface area contributed by atoms with Crippen molar-refractivity contribution in [2.75, 3.05) is 26.2 Å². The highest BCUT2D eigenvalue weighted by Gasteiger charge is 2.25. The van der Waals surface area contributed by atoms with Crippen molar-refractivity contribution in [1.29, 1.82) is 0 Å². The lowest BCUT2D eigenvalue weighted by Gasteiger charge is -2.34. The first-order chi connectivity index (χ1) is 14.5. The van der Waals surface area contributed by atoms with Gasteiger partial charge in [0, 0.05) is 38.1 Å². The molecule has 4 rings (SSSR count). The monoisotopic (exact) mass is 425 g/mol. The molecular weight excluding hydrogens is 398 g/mol. The first-order valence-electron chi connectivity index (χ1n) is 10.2. The van der Waals surface area contributed by atoms with Crippen LogP contribution in [0.2, 0.25) is 0 Å². The number of piperazine rings is 1. The SMILES string of the molecule is Cc1ccc(OCc2nc(CN3CCN(C(=O)c4cc(C)oc4C)CC3)cs2)cc1. The molecule has 158 valence electrons. The molecule has 0 bridgehead atoms. The summed E-state index contributed by atoms with van der Waals surface area (Å²) in [7, 11) is 0. The molecule has 0 atom stereocenters. The van der Waals surface area contributed by atoms with Crippen LogP contribution in [0.25, 0.3) is 0 Å². The summed E-state index contributed by atoms with van der Waals surface area (Å²) in [6, 6.07) is 9.89. The number of amides is 1. The molecule has 0 N–H and O–H groups in total. The minimum atomic E-state index is 0.0631. The fraction of sp³-hybridized carbons (Fsp3) is 0.391. The molecule has 1 saturated heterocycles. The van der Waals surface area contributed by atoms with Gasteiger partial charge in [-0.1, -0.05) is 17.7 Å². The molecule has 2 aromatic heterocycles. The lowest BCUT2D eigenvalue weighted by atomic mass is 10.2. The molecule has 1 fully saturated rings. The number of furan rings is 1. The highest BCUT2D eigenvalue weighted by Crippen LogP contribution is 2.19. The third-order valence-corrected chi connectivity index (χ3v) is 6.17. The Balaban J connectivity index is 1.26. The van der Waals surface area contributed by atoms with Gasteiger partial charge in [-0.15, -0.1) is 11.3 Å². The molecule has 3 heterocycles. The number of carbonyl (C=O) groups is 1. The van der Waals surface area contributed by atoms with E-state index in [0.717, 1.165) is 54.9 Å². The summed E-state index contributed by atoms with van der Waals surface area (Å²) in [4.78, 5) is 21.7. The van der Waals surface area contributed by atoms with Gasteiger partial charge in [-0.05, 0) is 39.0 Å². The molecule has 0 radical (unpaired) electrons. The zero-order chi connectivity index (χ0) is 21.1. The van der Waals surface area contributed by atoms with Crippen LogP contribution in [0, 0.1) is 20.8 Å². The van der Waals surface area contributed by atoms with E-state index in [-0.39, 0.29) is 5.91 Å². The van der Waals surface area contributed by atoms with E-state index < -0.39 is 0 Å². The maximum absolute atomic E-state index is 12.7. The van der Waals surface area contributed by atoms with Crippen molar-refractivity contribution in [3.8, 4) is 5.75 Å².